The topological polar surface area (TPSA) is 77.7 Å². The van der Waals surface area contributed by atoms with Gasteiger partial charge in [-0.2, -0.15) is 0 Å². The van der Waals surface area contributed by atoms with Crippen LogP contribution in [-0.4, -0.2) is 31.4 Å². The van der Waals surface area contributed by atoms with E-state index in [2.05, 4.69) is 38.7 Å². The highest BCUT2D eigenvalue weighted by Gasteiger charge is 2.21. The number of H-pyrrole nitrogens is 2. The predicted molar refractivity (Wildman–Crippen MR) is 93.9 cm³/mol. The summed E-state index contributed by atoms with van der Waals surface area (Å²) in [5.41, 5.74) is 2.96. The molecule has 130 valence electrons. The normalized spacial score (nSPS) is 14.8. The van der Waals surface area contributed by atoms with E-state index in [1.807, 2.05) is 6.20 Å². The van der Waals surface area contributed by atoms with Gasteiger partial charge in [0, 0.05) is 50.8 Å². The smallest absolute Gasteiger partial charge is 0.255 e. The number of imidazole rings is 1. The summed E-state index contributed by atoms with van der Waals surface area (Å²) in [5, 5.41) is 0. The Labute approximate surface area is 142 Å². The van der Waals surface area contributed by atoms with Gasteiger partial charge in [0.15, 0.2) is 0 Å². The number of nitrogens with one attached hydrogen (secondary N) is 2. The summed E-state index contributed by atoms with van der Waals surface area (Å²) < 4.78 is 0. The molecule has 2 aromatic heterocycles. The number of fused-ring (bicyclic) bond motifs is 1. The SMILES string of the molecule is CCCCc1ncc(CN2CCc3nc(CCC)[nH]c(=O)c3C2)[nH]1. The van der Waals surface area contributed by atoms with E-state index in [-0.39, 0.29) is 5.56 Å². The van der Waals surface area contributed by atoms with Gasteiger partial charge in [0.25, 0.3) is 5.56 Å². The van der Waals surface area contributed by atoms with Crippen LogP contribution in [0, 0.1) is 0 Å². The molecule has 0 amide bonds. The average molecular weight is 329 g/mol. The van der Waals surface area contributed by atoms with Crippen molar-refractivity contribution in [2.75, 3.05) is 6.54 Å². The summed E-state index contributed by atoms with van der Waals surface area (Å²) in [7, 11) is 0. The Bertz CT molecular complexity index is 733. The van der Waals surface area contributed by atoms with E-state index in [0.717, 1.165) is 73.8 Å². The van der Waals surface area contributed by atoms with Crippen molar-refractivity contribution >= 4 is 0 Å². The molecule has 0 bridgehead atoms. The van der Waals surface area contributed by atoms with Crippen LogP contribution in [0.5, 0.6) is 0 Å². The maximum atomic E-state index is 12.3. The zero-order valence-corrected chi connectivity index (χ0v) is 14.7. The van der Waals surface area contributed by atoms with Crippen LogP contribution in [0.1, 0.15) is 61.7 Å². The maximum absolute atomic E-state index is 12.3. The second-order valence-electron chi connectivity index (χ2n) is 6.61. The van der Waals surface area contributed by atoms with Gasteiger partial charge in [-0.15, -0.1) is 0 Å². The number of nitrogens with zero attached hydrogens (tertiary/aromatic N) is 3. The van der Waals surface area contributed by atoms with Gasteiger partial charge in [-0.25, -0.2) is 9.97 Å². The van der Waals surface area contributed by atoms with E-state index in [4.69, 9.17) is 0 Å². The third kappa shape index (κ3) is 3.93. The van der Waals surface area contributed by atoms with Crippen LogP contribution >= 0.6 is 0 Å². The largest absolute Gasteiger partial charge is 0.345 e. The summed E-state index contributed by atoms with van der Waals surface area (Å²) in [4.78, 5) is 30.1. The first kappa shape index (κ1) is 16.9. The van der Waals surface area contributed by atoms with Crippen molar-refractivity contribution in [3.8, 4) is 0 Å². The second-order valence-corrected chi connectivity index (χ2v) is 6.61. The van der Waals surface area contributed by atoms with E-state index in [0.29, 0.717) is 6.54 Å². The van der Waals surface area contributed by atoms with Crippen molar-refractivity contribution in [1.29, 1.82) is 0 Å². The summed E-state index contributed by atoms with van der Waals surface area (Å²) >= 11 is 0. The maximum Gasteiger partial charge on any atom is 0.255 e. The lowest BCUT2D eigenvalue weighted by atomic mass is 10.1. The van der Waals surface area contributed by atoms with Crippen molar-refractivity contribution in [2.45, 2.75) is 65.5 Å². The van der Waals surface area contributed by atoms with Crippen molar-refractivity contribution in [3.63, 3.8) is 0 Å². The number of aromatic nitrogens is 4. The van der Waals surface area contributed by atoms with Gasteiger partial charge < -0.3 is 9.97 Å². The third-order valence-electron chi connectivity index (χ3n) is 4.53. The molecule has 2 N–H and O–H groups in total. The van der Waals surface area contributed by atoms with Crippen molar-refractivity contribution in [1.82, 2.24) is 24.8 Å². The molecule has 0 atom stereocenters. The van der Waals surface area contributed by atoms with Crippen LogP contribution in [0.2, 0.25) is 0 Å². The first-order valence-electron chi connectivity index (χ1n) is 9.05. The molecule has 0 saturated heterocycles. The van der Waals surface area contributed by atoms with Crippen LogP contribution < -0.4 is 5.56 Å². The first-order chi connectivity index (χ1) is 11.7. The van der Waals surface area contributed by atoms with Crippen LogP contribution in [0.25, 0.3) is 0 Å². The van der Waals surface area contributed by atoms with Crippen LogP contribution in [0.15, 0.2) is 11.0 Å². The zero-order valence-electron chi connectivity index (χ0n) is 14.7. The Morgan fingerprint density at radius 1 is 1.17 bits per heavy atom. The molecule has 0 aliphatic carbocycles. The Hall–Kier alpha value is -1.95. The van der Waals surface area contributed by atoms with Gasteiger partial charge in [-0.3, -0.25) is 9.69 Å². The fourth-order valence-electron chi connectivity index (χ4n) is 3.22. The van der Waals surface area contributed by atoms with E-state index < -0.39 is 0 Å². The number of aryl methyl sites for hydroxylation is 2. The summed E-state index contributed by atoms with van der Waals surface area (Å²) in [6.07, 6.45) is 7.93. The minimum absolute atomic E-state index is 0.0291. The molecule has 0 radical (unpaired) electrons. The highest BCUT2D eigenvalue weighted by Crippen LogP contribution is 2.16. The Morgan fingerprint density at radius 2 is 2.04 bits per heavy atom. The highest BCUT2D eigenvalue weighted by molar-refractivity contribution is 5.21. The fourth-order valence-corrected chi connectivity index (χ4v) is 3.22. The van der Waals surface area contributed by atoms with Gasteiger partial charge in [-0.1, -0.05) is 20.3 Å². The van der Waals surface area contributed by atoms with Gasteiger partial charge in [-0.05, 0) is 12.8 Å². The zero-order chi connectivity index (χ0) is 16.9. The van der Waals surface area contributed by atoms with Crippen molar-refractivity contribution in [3.05, 3.63) is 45.2 Å². The molecular formula is C18H27N5O. The molecule has 1 aliphatic rings. The lowest BCUT2D eigenvalue weighted by molar-refractivity contribution is 0.239. The summed E-state index contributed by atoms with van der Waals surface area (Å²) in [6, 6.07) is 0. The number of unbranched alkanes of at least 4 members (excludes halogenated alkanes) is 1. The second kappa shape index (κ2) is 7.75. The van der Waals surface area contributed by atoms with Gasteiger partial charge in [0.05, 0.1) is 11.3 Å². The molecule has 24 heavy (non-hydrogen) atoms. The third-order valence-corrected chi connectivity index (χ3v) is 4.53. The molecule has 6 heteroatoms. The molecule has 0 fully saturated rings. The molecule has 0 unspecified atom stereocenters. The molecule has 0 spiro atoms. The van der Waals surface area contributed by atoms with Gasteiger partial charge in [0.1, 0.15) is 11.6 Å². The van der Waals surface area contributed by atoms with Crippen LogP contribution in [-0.2, 0) is 32.4 Å². The molecule has 3 heterocycles. The molecule has 6 nitrogen and oxygen atoms in total. The Morgan fingerprint density at radius 3 is 2.83 bits per heavy atom. The van der Waals surface area contributed by atoms with Gasteiger partial charge >= 0.3 is 0 Å². The summed E-state index contributed by atoms with van der Waals surface area (Å²) in [6.45, 7) is 6.67. The van der Waals surface area contributed by atoms with E-state index in [9.17, 15) is 4.79 Å². The van der Waals surface area contributed by atoms with E-state index in [1.54, 1.807) is 0 Å². The monoisotopic (exact) mass is 329 g/mol. The molecule has 0 aromatic carbocycles. The van der Waals surface area contributed by atoms with Crippen LogP contribution in [0.3, 0.4) is 0 Å². The quantitative estimate of drug-likeness (QED) is 0.817. The fraction of sp³-hybridized carbons (Fsp3) is 0.611. The van der Waals surface area contributed by atoms with Crippen molar-refractivity contribution in [2.24, 2.45) is 0 Å². The predicted octanol–water partition coefficient (Wildman–Crippen LogP) is 2.35. The number of hydrogen-bond donors (Lipinski definition) is 2. The lowest BCUT2D eigenvalue weighted by Crippen LogP contribution is -2.35. The van der Waals surface area contributed by atoms with Crippen molar-refractivity contribution < 1.29 is 0 Å². The molecule has 0 saturated carbocycles. The number of aromatic amines is 2. The van der Waals surface area contributed by atoms with E-state index in [1.165, 1.54) is 6.42 Å². The number of rotatable bonds is 7. The first-order valence-corrected chi connectivity index (χ1v) is 9.05. The highest BCUT2D eigenvalue weighted by atomic mass is 16.1. The average Bonchev–Trinajstić information content (AvgIpc) is 3.01. The summed E-state index contributed by atoms with van der Waals surface area (Å²) in [5.74, 6) is 1.89. The van der Waals surface area contributed by atoms with E-state index >= 15 is 0 Å². The molecule has 2 aromatic rings. The van der Waals surface area contributed by atoms with Crippen LogP contribution in [0.4, 0.5) is 0 Å². The lowest BCUT2D eigenvalue weighted by Gasteiger charge is -2.27. The molecular weight excluding hydrogens is 302 g/mol. The molecule has 1 aliphatic heterocycles. The number of hydrogen-bond acceptors (Lipinski definition) is 4. The standard InChI is InChI=1S/C18H27N5O/c1-3-5-7-16-19-10-13(20-16)11-23-9-8-15-14(12-23)18(24)22-17(21-15)6-4-2/h10H,3-9,11-12H2,1-2H3,(H,19,20)(H,21,22,24). The Balaban J connectivity index is 1.66. The minimum atomic E-state index is 0.0291. The molecule has 3 rings (SSSR count). The minimum Gasteiger partial charge on any atom is -0.345 e. The van der Waals surface area contributed by atoms with Gasteiger partial charge in [0.2, 0.25) is 0 Å². The Kier molecular flexibility index (Phi) is 5.45.